The summed E-state index contributed by atoms with van der Waals surface area (Å²) in [5.74, 6) is -0.148. The van der Waals surface area contributed by atoms with Crippen molar-refractivity contribution < 1.29 is 4.39 Å². The highest BCUT2D eigenvalue weighted by atomic mass is 19.1. The van der Waals surface area contributed by atoms with Crippen LogP contribution in [0.3, 0.4) is 0 Å². The maximum absolute atomic E-state index is 13.3. The number of aromatic nitrogens is 1. The Balaban J connectivity index is 2.04. The highest BCUT2D eigenvalue weighted by Crippen LogP contribution is 2.29. The quantitative estimate of drug-likeness (QED) is 0.818. The first-order chi connectivity index (χ1) is 8.28. The van der Waals surface area contributed by atoms with Crippen molar-refractivity contribution in [1.82, 2.24) is 10.3 Å². The standard InChI is InChI=1S/C14H17FN2/c1-2-16-10-4-6-14-12(8-10)11-7-9(15)3-5-13(11)17-14/h3,5,7,10,16-17H,2,4,6,8H2,1H3. The zero-order chi connectivity index (χ0) is 11.8. The molecule has 2 aromatic rings. The molecule has 1 aromatic carbocycles. The lowest BCUT2D eigenvalue weighted by Crippen LogP contribution is -2.34. The highest BCUT2D eigenvalue weighted by molar-refractivity contribution is 5.85. The summed E-state index contributed by atoms with van der Waals surface area (Å²) >= 11 is 0. The molecule has 1 aliphatic carbocycles. The average Bonchev–Trinajstić information content (AvgIpc) is 2.67. The summed E-state index contributed by atoms with van der Waals surface area (Å²) in [5, 5.41) is 4.54. The smallest absolute Gasteiger partial charge is 0.123 e. The van der Waals surface area contributed by atoms with Crippen molar-refractivity contribution in [2.75, 3.05) is 6.54 Å². The number of fused-ring (bicyclic) bond motifs is 3. The Morgan fingerprint density at radius 3 is 3.18 bits per heavy atom. The van der Waals surface area contributed by atoms with Gasteiger partial charge in [-0.2, -0.15) is 0 Å². The maximum Gasteiger partial charge on any atom is 0.123 e. The van der Waals surface area contributed by atoms with Gasteiger partial charge in [0.15, 0.2) is 0 Å². The largest absolute Gasteiger partial charge is 0.358 e. The van der Waals surface area contributed by atoms with Crippen LogP contribution in [-0.2, 0) is 12.8 Å². The topological polar surface area (TPSA) is 27.8 Å². The van der Waals surface area contributed by atoms with Gasteiger partial charge in [0, 0.05) is 22.6 Å². The summed E-state index contributed by atoms with van der Waals surface area (Å²) in [5.41, 5.74) is 3.66. The Kier molecular flexibility index (Phi) is 2.63. The Hall–Kier alpha value is -1.35. The van der Waals surface area contributed by atoms with Crippen LogP contribution in [0.5, 0.6) is 0 Å². The van der Waals surface area contributed by atoms with Crippen LogP contribution in [0.25, 0.3) is 10.9 Å². The van der Waals surface area contributed by atoms with Gasteiger partial charge < -0.3 is 10.3 Å². The molecule has 0 bridgehead atoms. The van der Waals surface area contributed by atoms with Crippen molar-refractivity contribution in [1.29, 1.82) is 0 Å². The predicted octanol–water partition coefficient (Wildman–Crippen LogP) is 2.77. The number of likely N-dealkylation sites (N-methyl/N-ethyl adjacent to an activating group) is 1. The molecule has 2 N–H and O–H groups in total. The number of aryl methyl sites for hydroxylation is 1. The number of nitrogens with one attached hydrogen (secondary N) is 2. The van der Waals surface area contributed by atoms with Crippen LogP contribution in [0.15, 0.2) is 18.2 Å². The van der Waals surface area contributed by atoms with Crippen LogP contribution < -0.4 is 5.32 Å². The SMILES string of the molecule is CCNC1CCc2[nH]c3ccc(F)cc3c2C1. The number of rotatable bonds is 2. The molecular weight excluding hydrogens is 215 g/mol. The number of aromatic amines is 1. The van der Waals surface area contributed by atoms with E-state index in [4.69, 9.17) is 0 Å². The van der Waals surface area contributed by atoms with Crippen LogP contribution in [0.2, 0.25) is 0 Å². The summed E-state index contributed by atoms with van der Waals surface area (Å²) in [7, 11) is 0. The third-order valence-corrected chi connectivity index (χ3v) is 3.64. The van der Waals surface area contributed by atoms with E-state index in [2.05, 4.69) is 17.2 Å². The lowest BCUT2D eigenvalue weighted by molar-refractivity contribution is 0.469. The van der Waals surface area contributed by atoms with Crippen molar-refractivity contribution in [2.45, 2.75) is 32.2 Å². The lowest BCUT2D eigenvalue weighted by atomic mass is 9.91. The van der Waals surface area contributed by atoms with E-state index in [1.165, 1.54) is 17.3 Å². The van der Waals surface area contributed by atoms with Crippen LogP contribution in [0, 0.1) is 5.82 Å². The highest BCUT2D eigenvalue weighted by Gasteiger charge is 2.21. The van der Waals surface area contributed by atoms with Crippen molar-refractivity contribution >= 4 is 10.9 Å². The van der Waals surface area contributed by atoms with Gasteiger partial charge in [0.25, 0.3) is 0 Å². The molecular formula is C14H17FN2. The molecule has 2 nitrogen and oxygen atoms in total. The minimum absolute atomic E-state index is 0.148. The molecule has 1 heterocycles. The fourth-order valence-corrected chi connectivity index (χ4v) is 2.85. The fraction of sp³-hybridized carbons (Fsp3) is 0.429. The number of benzene rings is 1. The van der Waals surface area contributed by atoms with Crippen LogP contribution in [0.4, 0.5) is 4.39 Å². The van der Waals surface area contributed by atoms with E-state index in [0.717, 1.165) is 36.7 Å². The van der Waals surface area contributed by atoms with Crippen molar-refractivity contribution in [3.05, 3.63) is 35.3 Å². The number of hydrogen-bond donors (Lipinski definition) is 2. The molecule has 0 radical (unpaired) electrons. The van der Waals surface area contributed by atoms with Crippen LogP contribution >= 0.6 is 0 Å². The summed E-state index contributed by atoms with van der Waals surface area (Å²) < 4.78 is 13.3. The van der Waals surface area contributed by atoms with Gasteiger partial charge in [0.1, 0.15) is 5.82 Å². The molecule has 1 aromatic heterocycles. The predicted molar refractivity (Wildman–Crippen MR) is 67.7 cm³/mol. The van der Waals surface area contributed by atoms with Gasteiger partial charge in [-0.25, -0.2) is 4.39 Å². The summed E-state index contributed by atoms with van der Waals surface area (Å²) in [6, 6.07) is 5.55. The van der Waals surface area contributed by atoms with Gasteiger partial charge in [0.2, 0.25) is 0 Å². The summed E-state index contributed by atoms with van der Waals surface area (Å²) in [6.45, 7) is 3.13. The Morgan fingerprint density at radius 1 is 1.47 bits per heavy atom. The van der Waals surface area contributed by atoms with E-state index >= 15 is 0 Å². The van der Waals surface area contributed by atoms with Gasteiger partial charge in [0.05, 0.1) is 0 Å². The zero-order valence-corrected chi connectivity index (χ0v) is 10.0. The second-order valence-electron chi connectivity index (χ2n) is 4.77. The van der Waals surface area contributed by atoms with E-state index < -0.39 is 0 Å². The molecule has 1 unspecified atom stereocenters. The normalized spacial score (nSPS) is 19.5. The van der Waals surface area contributed by atoms with E-state index in [9.17, 15) is 4.39 Å². The molecule has 0 aliphatic heterocycles. The molecule has 0 saturated carbocycles. The van der Waals surface area contributed by atoms with Crippen molar-refractivity contribution in [2.24, 2.45) is 0 Å². The summed E-state index contributed by atoms with van der Waals surface area (Å²) in [6.07, 6.45) is 3.23. The Morgan fingerprint density at radius 2 is 2.35 bits per heavy atom. The number of halogens is 1. The molecule has 3 heteroatoms. The number of hydrogen-bond acceptors (Lipinski definition) is 1. The number of H-pyrrole nitrogens is 1. The molecule has 17 heavy (non-hydrogen) atoms. The first-order valence-electron chi connectivity index (χ1n) is 6.30. The van der Waals surface area contributed by atoms with Gasteiger partial charge in [-0.1, -0.05) is 6.92 Å². The molecule has 3 rings (SSSR count). The van der Waals surface area contributed by atoms with Crippen molar-refractivity contribution in [3.8, 4) is 0 Å². The molecule has 1 aliphatic rings. The minimum atomic E-state index is -0.148. The molecule has 1 atom stereocenters. The average molecular weight is 232 g/mol. The Bertz CT molecular complexity index is 544. The third kappa shape index (κ3) is 1.84. The van der Waals surface area contributed by atoms with Crippen LogP contribution in [0.1, 0.15) is 24.6 Å². The van der Waals surface area contributed by atoms with E-state index in [0.29, 0.717) is 6.04 Å². The molecule has 90 valence electrons. The van der Waals surface area contributed by atoms with Gasteiger partial charge in [-0.3, -0.25) is 0 Å². The van der Waals surface area contributed by atoms with Crippen molar-refractivity contribution in [3.63, 3.8) is 0 Å². The second kappa shape index (κ2) is 4.15. The molecule has 0 spiro atoms. The van der Waals surface area contributed by atoms with Crippen LogP contribution in [-0.4, -0.2) is 17.6 Å². The van der Waals surface area contributed by atoms with E-state index in [1.54, 1.807) is 6.07 Å². The van der Waals surface area contributed by atoms with Gasteiger partial charge in [-0.05, 0) is 49.6 Å². The third-order valence-electron chi connectivity index (χ3n) is 3.64. The lowest BCUT2D eigenvalue weighted by Gasteiger charge is -2.23. The van der Waals surface area contributed by atoms with E-state index in [-0.39, 0.29) is 5.82 Å². The molecule has 0 saturated heterocycles. The minimum Gasteiger partial charge on any atom is -0.358 e. The monoisotopic (exact) mass is 232 g/mol. The fourth-order valence-electron chi connectivity index (χ4n) is 2.85. The first-order valence-corrected chi connectivity index (χ1v) is 6.30. The maximum atomic E-state index is 13.3. The van der Waals surface area contributed by atoms with E-state index in [1.807, 2.05) is 6.07 Å². The van der Waals surface area contributed by atoms with Gasteiger partial charge in [-0.15, -0.1) is 0 Å². The Labute approximate surface area is 100 Å². The molecule has 0 amide bonds. The second-order valence-corrected chi connectivity index (χ2v) is 4.77. The summed E-state index contributed by atoms with van der Waals surface area (Å²) in [4.78, 5) is 3.41. The zero-order valence-electron chi connectivity index (χ0n) is 10.0. The molecule has 0 fully saturated rings. The van der Waals surface area contributed by atoms with Gasteiger partial charge >= 0.3 is 0 Å². The first kappa shape index (κ1) is 10.8.